The second kappa shape index (κ2) is 3.29. The lowest BCUT2D eigenvalue weighted by atomic mass is 9.93. The van der Waals surface area contributed by atoms with Gasteiger partial charge in [-0.25, -0.2) is 4.39 Å². The summed E-state index contributed by atoms with van der Waals surface area (Å²) in [5.74, 6) is -0.103. The Bertz CT molecular complexity index is 533. The molecule has 0 unspecified atom stereocenters. The monoisotopic (exact) mass is 188 g/mol. The molecule has 0 aliphatic carbocycles. The van der Waals surface area contributed by atoms with Crippen LogP contribution in [0.3, 0.4) is 0 Å². The largest absolute Gasteiger partial charge is 0.459 e. The summed E-state index contributed by atoms with van der Waals surface area (Å²) in [6, 6.07) is 6.62. The molecule has 0 fully saturated rings. The number of alkyl halides is 1. The fraction of sp³-hybridized carbons (Fsp3) is 0.100. The van der Waals surface area contributed by atoms with Crippen LogP contribution in [0.1, 0.15) is 5.76 Å². The van der Waals surface area contributed by atoms with Crippen molar-refractivity contribution in [2.45, 2.75) is 6.67 Å². The van der Waals surface area contributed by atoms with E-state index >= 15 is 0 Å². The first kappa shape index (κ1) is 9.00. The second-order valence-corrected chi connectivity index (χ2v) is 2.90. The summed E-state index contributed by atoms with van der Waals surface area (Å²) in [5.41, 5.74) is -0.162. The van der Waals surface area contributed by atoms with Crippen molar-refractivity contribution in [2.24, 2.45) is 0 Å². The highest BCUT2D eigenvalue weighted by atomic mass is 19.1. The van der Waals surface area contributed by atoms with E-state index in [9.17, 15) is 9.18 Å². The van der Waals surface area contributed by atoms with E-state index in [0.717, 1.165) is 0 Å². The fourth-order valence-corrected chi connectivity index (χ4v) is 1.30. The fourth-order valence-electron chi connectivity index (χ4n) is 1.30. The van der Waals surface area contributed by atoms with Gasteiger partial charge >= 0.3 is 0 Å². The smallest absolute Gasteiger partial charge is 0.185 e. The highest BCUT2D eigenvalue weighted by Gasteiger charge is 2.08. The van der Waals surface area contributed by atoms with E-state index in [2.05, 4.69) is 0 Å². The summed E-state index contributed by atoms with van der Waals surface area (Å²) in [4.78, 5) is 11.6. The molecule has 2 radical (unpaired) electrons. The number of hydrogen-bond donors (Lipinski definition) is 0. The Morgan fingerprint density at radius 3 is 2.79 bits per heavy atom. The molecular weight excluding hydrogens is 182 g/mol. The van der Waals surface area contributed by atoms with Gasteiger partial charge in [-0.1, -0.05) is 12.1 Å². The first-order valence-corrected chi connectivity index (χ1v) is 4.10. The molecule has 2 rings (SSSR count). The van der Waals surface area contributed by atoms with Crippen molar-refractivity contribution in [3.8, 4) is 0 Å². The lowest BCUT2D eigenvalue weighted by Crippen LogP contribution is -2.28. The molecule has 0 saturated heterocycles. The molecule has 0 bridgehead atoms. The van der Waals surface area contributed by atoms with Crippen molar-refractivity contribution in [1.29, 1.82) is 0 Å². The van der Waals surface area contributed by atoms with Gasteiger partial charge in [0.25, 0.3) is 0 Å². The molecule has 1 heterocycles. The molecule has 2 aromatic rings. The number of fused-ring (bicyclic) bond motifs is 1. The summed E-state index contributed by atoms with van der Waals surface area (Å²) in [6.07, 6.45) is 0. The zero-order valence-corrected chi connectivity index (χ0v) is 7.29. The molecule has 0 saturated carbocycles. The van der Waals surface area contributed by atoms with Crippen LogP contribution in [0.4, 0.5) is 4.39 Å². The van der Waals surface area contributed by atoms with Crippen molar-refractivity contribution in [3.05, 3.63) is 40.2 Å². The summed E-state index contributed by atoms with van der Waals surface area (Å²) >= 11 is 0. The lowest BCUT2D eigenvalue weighted by Gasteiger charge is -2.02. The first-order valence-electron chi connectivity index (χ1n) is 4.10. The zero-order chi connectivity index (χ0) is 10.1. The minimum atomic E-state index is -0.869. The van der Waals surface area contributed by atoms with Gasteiger partial charge in [0, 0.05) is 0 Å². The maximum absolute atomic E-state index is 12.4. The third-order valence-electron chi connectivity index (χ3n) is 2.03. The van der Waals surface area contributed by atoms with Crippen LogP contribution in [0, 0.1) is 0 Å². The van der Waals surface area contributed by atoms with Gasteiger partial charge in [-0.2, -0.15) is 0 Å². The van der Waals surface area contributed by atoms with E-state index in [-0.39, 0.29) is 16.7 Å². The Balaban J connectivity index is 2.92. The van der Waals surface area contributed by atoms with Crippen molar-refractivity contribution in [2.75, 3.05) is 0 Å². The number of hydrogen-bond acceptors (Lipinski definition) is 2. The quantitative estimate of drug-likeness (QED) is 0.626. The van der Waals surface area contributed by atoms with Crippen LogP contribution >= 0.6 is 0 Å². The van der Waals surface area contributed by atoms with Crippen LogP contribution in [0.2, 0.25) is 0 Å². The van der Waals surface area contributed by atoms with Gasteiger partial charge in [0.2, 0.25) is 0 Å². The molecule has 0 spiro atoms. The maximum atomic E-state index is 12.4. The number of rotatable bonds is 1. The average molecular weight is 188 g/mol. The molecule has 0 aliphatic heterocycles. The van der Waals surface area contributed by atoms with Crippen molar-refractivity contribution >= 4 is 24.3 Å². The van der Waals surface area contributed by atoms with E-state index < -0.39 is 6.67 Å². The molecular formula is C10H6BFO2. The molecule has 2 nitrogen and oxygen atoms in total. The van der Waals surface area contributed by atoms with Gasteiger partial charge < -0.3 is 4.42 Å². The van der Waals surface area contributed by atoms with E-state index in [4.69, 9.17) is 12.3 Å². The summed E-state index contributed by atoms with van der Waals surface area (Å²) in [7, 11) is 5.41. The van der Waals surface area contributed by atoms with Gasteiger partial charge in [0.15, 0.2) is 5.43 Å². The van der Waals surface area contributed by atoms with Gasteiger partial charge in [0.1, 0.15) is 25.9 Å². The Morgan fingerprint density at radius 1 is 1.36 bits per heavy atom. The van der Waals surface area contributed by atoms with Crippen LogP contribution in [0.5, 0.6) is 0 Å². The van der Waals surface area contributed by atoms with E-state index in [0.29, 0.717) is 11.0 Å². The van der Waals surface area contributed by atoms with Crippen molar-refractivity contribution in [1.82, 2.24) is 0 Å². The topological polar surface area (TPSA) is 30.2 Å². The van der Waals surface area contributed by atoms with Crippen molar-refractivity contribution < 1.29 is 8.81 Å². The van der Waals surface area contributed by atoms with Crippen LogP contribution in [0.15, 0.2) is 33.5 Å². The number of benzene rings is 1. The minimum Gasteiger partial charge on any atom is -0.459 e. The lowest BCUT2D eigenvalue weighted by molar-refractivity contribution is 0.404. The standard InChI is InChI=1S/C10H6BFO2/c11-9-8(5-12)14-7-4-2-1-3-6(7)10(9)13/h1-4H,5H2. The third-order valence-corrected chi connectivity index (χ3v) is 2.03. The van der Waals surface area contributed by atoms with Crippen LogP contribution < -0.4 is 10.9 Å². The highest BCUT2D eigenvalue weighted by Crippen LogP contribution is 2.10. The van der Waals surface area contributed by atoms with Gasteiger partial charge in [-0.05, 0) is 17.6 Å². The summed E-state index contributed by atoms with van der Waals surface area (Å²) < 4.78 is 17.5. The summed E-state index contributed by atoms with van der Waals surface area (Å²) in [6.45, 7) is -0.869. The van der Waals surface area contributed by atoms with Gasteiger partial charge in [-0.3, -0.25) is 4.79 Å². The maximum Gasteiger partial charge on any atom is 0.185 e. The molecule has 1 aromatic carbocycles. The van der Waals surface area contributed by atoms with Crippen LogP contribution in [0.25, 0.3) is 11.0 Å². The Labute approximate surface area is 80.8 Å². The first-order chi connectivity index (χ1) is 6.74. The van der Waals surface area contributed by atoms with Crippen molar-refractivity contribution in [3.63, 3.8) is 0 Å². The molecule has 1 aromatic heterocycles. The second-order valence-electron chi connectivity index (χ2n) is 2.90. The Morgan fingerprint density at radius 2 is 2.07 bits per heavy atom. The number of para-hydroxylation sites is 1. The predicted octanol–water partition coefficient (Wildman–Crippen LogP) is 1.06. The van der Waals surface area contributed by atoms with Crippen LogP contribution in [-0.2, 0) is 6.67 Å². The predicted molar refractivity (Wildman–Crippen MR) is 52.7 cm³/mol. The molecule has 68 valence electrons. The zero-order valence-electron chi connectivity index (χ0n) is 7.29. The average Bonchev–Trinajstić information content (AvgIpc) is 2.23. The van der Waals surface area contributed by atoms with E-state index in [1.165, 1.54) is 0 Å². The minimum absolute atomic E-state index is 0.103. The number of halogens is 1. The third kappa shape index (κ3) is 1.23. The van der Waals surface area contributed by atoms with E-state index in [1.54, 1.807) is 24.3 Å². The highest BCUT2D eigenvalue weighted by molar-refractivity contribution is 6.33. The molecule has 0 aliphatic rings. The molecule has 0 amide bonds. The van der Waals surface area contributed by atoms with Gasteiger partial charge in [0.05, 0.1) is 5.39 Å². The Hall–Kier alpha value is -1.58. The SMILES string of the molecule is [B]c1c(CF)oc2ccccc2c1=O. The molecule has 0 N–H and O–H groups in total. The molecule has 4 heteroatoms. The Kier molecular flexibility index (Phi) is 2.12. The van der Waals surface area contributed by atoms with E-state index in [1.807, 2.05) is 0 Å². The molecule has 14 heavy (non-hydrogen) atoms. The molecule has 0 atom stereocenters. The summed E-state index contributed by atoms with van der Waals surface area (Å²) in [5, 5.41) is 0.377. The normalized spacial score (nSPS) is 10.6. The van der Waals surface area contributed by atoms with Crippen LogP contribution in [-0.4, -0.2) is 7.85 Å². The van der Waals surface area contributed by atoms with Gasteiger partial charge in [-0.15, -0.1) is 0 Å².